The number of hydrogen-bond acceptors (Lipinski definition) is 1. The molecule has 0 saturated heterocycles. The fraction of sp³-hybridized carbons (Fsp3) is 0.762. The number of unbranched alkanes of at least 4 members (excludes halogenated alkanes) is 9. The molecule has 0 aromatic carbocycles. The number of carboxylic acids is 1. The number of allylic oxidation sites excluding steroid dienone is 4. The molecule has 0 rings (SSSR count). The minimum absolute atomic E-state index is 0.180. The van der Waals surface area contributed by atoms with E-state index in [1.54, 1.807) is 6.92 Å². The summed E-state index contributed by atoms with van der Waals surface area (Å²) in [4.78, 5) is 10.7. The lowest BCUT2D eigenvalue weighted by atomic mass is 10.0. The highest BCUT2D eigenvalue weighted by atomic mass is 16.4. The normalized spacial score (nSPS) is 13.1. The van der Waals surface area contributed by atoms with Crippen molar-refractivity contribution in [1.82, 2.24) is 0 Å². The van der Waals surface area contributed by atoms with Crippen LogP contribution in [0.5, 0.6) is 0 Å². The highest BCUT2D eigenvalue weighted by Gasteiger charge is 2.09. The molecule has 0 aliphatic carbocycles. The smallest absolute Gasteiger partial charge is 0.306 e. The Balaban J connectivity index is 3.23. The van der Waals surface area contributed by atoms with Crippen molar-refractivity contribution in [3.05, 3.63) is 24.3 Å². The second-order valence-corrected chi connectivity index (χ2v) is 6.61. The van der Waals surface area contributed by atoms with Crippen molar-refractivity contribution >= 4 is 5.97 Å². The summed E-state index contributed by atoms with van der Waals surface area (Å²) < 4.78 is 0. The van der Waals surface area contributed by atoms with Gasteiger partial charge >= 0.3 is 5.97 Å². The van der Waals surface area contributed by atoms with Crippen molar-refractivity contribution in [2.45, 2.75) is 97.3 Å². The zero-order valence-corrected chi connectivity index (χ0v) is 15.4. The average Bonchev–Trinajstić information content (AvgIpc) is 2.54. The van der Waals surface area contributed by atoms with Crippen molar-refractivity contribution in [1.29, 1.82) is 0 Å². The van der Waals surface area contributed by atoms with Gasteiger partial charge in [-0.05, 0) is 38.5 Å². The maximum atomic E-state index is 10.7. The number of rotatable bonds is 16. The summed E-state index contributed by atoms with van der Waals surface area (Å²) in [6, 6.07) is 0. The molecule has 2 heteroatoms. The number of hydrogen-bond donors (Lipinski definition) is 1. The summed E-state index contributed by atoms with van der Waals surface area (Å²) in [5.74, 6) is -0.839. The Morgan fingerprint density at radius 3 is 1.91 bits per heavy atom. The molecule has 1 atom stereocenters. The first-order chi connectivity index (χ1) is 11.2. The maximum Gasteiger partial charge on any atom is 0.306 e. The quantitative estimate of drug-likeness (QED) is 0.247. The third kappa shape index (κ3) is 17.1. The summed E-state index contributed by atoms with van der Waals surface area (Å²) >= 11 is 0. The second-order valence-electron chi connectivity index (χ2n) is 6.61. The Morgan fingerprint density at radius 1 is 0.826 bits per heavy atom. The van der Waals surface area contributed by atoms with E-state index in [1.807, 2.05) is 0 Å². The molecule has 0 aliphatic heterocycles. The van der Waals surface area contributed by atoms with E-state index in [0.29, 0.717) is 0 Å². The molecule has 0 fully saturated rings. The third-order valence-corrected chi connectivity index (χ3v) is 4.26. The average molecular weight is 323 g/mol. The lowest BCUT2D eigenvalue weighted by molar-refractivity contribution is -0.141. The molecule has 0 amide bonds. The van der Waals surface area contributed by atoms with Crippen LogP contribution in [0.4, 0.5) is 0 Å². The molecule has 0 aromatic rings. The van der Waals surface area contributed by atoms with Gasteiger partial charge in [0.2, 0.25) is 0 Å². The molecule has 0 saturated carbocycles. The zero-order valence-electron chi connectivity index (χ0n) is 15.4. The maximum absolute atomic E-state index is 10.7. The van der Waals surface area contributed by atoms with Crippen LogP contribution < -0.4 is 0 Å². The molecule has 1 unspecified atom stereocenters. The van der Waals surface area contributed by atoms with Crippen molar-refractivity contribution in [3.63, 3.8) is 0 Å². The predicted molar refractivity (Wildman–Crippen MR) is 101 cm³/mol. The largest absolute Gasteiger partial charge is 0.481 e. The molecule has 0 heterocycles. The summed E-state index contributed by atoms with van der Waals surface area (Å²) in [5.41, 5.74) is 0. The molecule has 0 aromatic heterocycles. The molecule has 0 radical (unpaired) electrons. The molecule has 0 aliphatic rings. The summed E-state index contributed by atoms with van der Waals surface area (Å²) in [6.07, 6.45) is 24.8. The Bertz CT molecular complexity index is 318. The lowest BCUT2D eigenvalue weighted by Crippen LogP contribution is -2.08. The van der Waals surface area contributed by atoms with Gasteiger partial charge in [-0.3, -0.25) is 4.79 Å². The summed E-state index contributed by atoms with van der Waals surface area (Å²) in [5, 5.41) is 8.80. The van der Waals surface area contributed by atoms with E-state index in [0.717, 1.165) is 19.3 Å². The van der Waals surface area contributed by atoms with Crippen LogP contribution in [0.1, 0.15) is 97.3 Å². The highest BCUT2D eigenvalue weighted by Crippen LogP contribution is 2.13. The Morgan fingerprint density at radius 2 is 1.35 bits per heavy atom. The monoisotopic (exact) mass is 322 g/mol. The first kappa shape index (κ1) is 21.9. The van der Waals surface area contributed by atoms with Gasteiger partial charge in [-0.25, -0.2) is 0 Å². The predicted octanol–water partition coefficient (Wildman–Crippen LogP) is 6.91. The van der Waals surface area contributed by atoms with Gasteiger partial charge in [0.25, 0.3) is 0 Å². The number of carbonyl (C=O) groups is 1. The van der Waals surface area contributed by atoms with E-state index in [9.17, 15) is 4.79 Å². The van der Waals surface area contributed by atoms with E-state index in [2.05, 4.69) is 31.2 Å². The van der Waals surface area contributed by atoms with Gasteiger partial charge in [0.15, 0.2) is 0 Å². The SMILES string of the molecule is CCCCCC=CCC=CCCCCCCCCC(C)C(=O)O. The molecule has 1 N–H and O–H groups in total. The lowest BCUT2D eigenvalue weighted by Gasteiger charge is -2.05. The molecular formula is C21H38O2. The van der Waals surface area contributed by atoms with Crippen LogP contribution >= 0.6 is 0 Å². The first-order valence-corrected chi connectivity index (χ1v) is 9.71. The number of carboxylic acid groups (broad SMARTS) is 1. The van der Waals surface area contributed by atoms with Crippen LogP contribution in [0.15, 0.2) is 24.3 Å². The van der Waals surface area contributed by atoms with Crippen LogP contribution in [-0.4, -0.2) is 11.1 Å². The van der Waals surface area contributed by atoms with Crippen molar-refractivity contribution in [2.24, 2.45) is 5.92 Å². The van der Waals surface area contributed by atoms with E-state index >= 15 is 0 Å². The van der Waals surface area contributed by atoms with Crippen LogP contribution in [-0.2, 0) is 4.79 Å². The van der Waals surface area contributed by atoms with Gasteiger partial charge in [0, 0.05) is 0 Å². The molecule has 0 bridgehead atoms. The van der Waals surface area contributed by atoms with Crippen LogP contribution in [0, 0.1) is 5.92 Å². The van der Waals surface area contributed by atoms with Gasteiger partial charge < -0.3 is 5.11 Å². The Hall–Kier alpha value is -1.05. The van der Waals surface area contributed by atoms with Gasteiger partial charge in [-0.2, -0.15) is 0 Å². The second kappa shape index (κ2) is 17.3. The molecular weight excluding hydrogens is 284 g/mol. The van der Waals surface area contributed by atoms with E-state index in [4.69, 9.17) is 5.11 Å². The Labute approximate surface area is 144 Å². The molecule has 2 nitrogen and oxygen atoms in total. The fourth-order valence-corrected chi connectivity index (χ4v) is 2.56. The third-order valence-electron chi connectivity index (χ3n) is 4.26. The van der Waals surface area contributed by atoms with Gasteiger partial charge in [-0.15, -0.1) is 0 Å². The Kier molecular flexibility index (Phi) is 16.5. The summed E-state index contributed by atoms with van der Waals surface area (Å²) in [7, 11) is 0. The fourth-order valence-electron chi connectivity index (χ4n) is 2.56. The molecule has 0 spiro atoms. The van der Waals surface area contributed by atoms with Crippen molar-refractivity contribution in [2.75, 3.05) is 0 Å². The van der Waals surface area contributed by atoms with Crippen LogP contribution in [0.3, 0.4) is 0 Å². The van der Waals surface area contributed by atoms with E-state index in [-0.39, 0.29) is 5.92 Å². The van der Waals surface area contributed by atoms with Crippen LogP contribution in [0.25, 0.3) is 0 Å². The topological polar surface area (TPSA) is 37.3 Å². The standard InChI is InChI=1S/C21H38O2/c1-3-4-5-6-7-8-9-10-11-12-13-14-15-16-17-18-19-20(2)21(22)23/h7-8,10-11,20H,3-6,9,12-19H2,1-2H3,(H,22,23). The first-order valence-electron chi connectivity index (χ1n) is 9.71. The number of aliphatic carboxylic acids is 1. The van der Waals surface area contributed by atoms with Crippen molar-refractivity contribution in [3.8, 4) is 0 Å². The zero-order chi connectivity index (χ0) is 17.2. The summed E-state index contributed by atoms with van der Waals surface area (Å²) in [6.45, 7) is 4.04. The molecule has 134 valence electrons. The minimum Gasteiger partial charge on any atom is -0.481 e. The van der Waals surface area contributed by atoms with Gasteiger partial charge in [0.1, 0.15) is 0 Å². The van der Waals surface area contributed by atoms with Crippen LogP contribution in [0.2, 0.25) is 0 Å². The highest BCUT2D eigenvalue weighted by molar-refractivity contribution is 5.69. The van der Waals surface area contributed by atoms with E-state index < -0.39 is 5.97 Å². The minimum atomic E-state index is -0.660. The van der Waals surface area contributed by atoms with Gasteiger partial charge in [-0.1, -0.05) is 83.1 Å². The van der Waals surface area contributed by atoms with E-state index in [1.165, 1.54) is 64.2 Å². The van der Waals surface area contributed by atoms with Gasteiger partial charge in [0.05, 0.1) is 5.92 Å². The molecule has 23 heavy (non-hydrogen) atoms. The van der Waals surface area contributed by atoms with Crippen molar-refractivity contribution < 1.29 is 9.90 Å².